The Bertz CT molecular complexity index is 457. The number of nitrogens with two attached hydrogens (primary N) is 1. The summed E-state index contributed by atoms with van der Waals surface area (Å²) in [7, 11) is 1.82. The lowest BCUT2D eigenvalue weighted by atomic mass is 9.98. The highest BCUT2D eigenvalue weighted by atomic mass is 16.6. The Morgan fingerprint density at radius 2 is 2.33 bits per heavy atom. The number of anilines is 1. The Balaban J connectivity index is 2.34. The third-order valence-electron chi connectivity index (χ3n) is 3.60. The molecule has 0 aliphatic carbocycles. The van der Waals surface area contributed by atoms with Crippen molar-refractivity contribution in [3.8, 4) is 0 Å². The minimum atomic E-state index is -0.408. The number of aryl methyl sites for hydroxylation is 1. The van der Waals surface area contributed by atoms with Crippen LogP contribution in [0.4, 0.5) is 11.6 Å². The maximum atomic E-state index is 11.1. The number of hydrogen-bond donors (Lipinski definition) is 1. The van der Waals surface area contributed by atoms with Gasteiger partial charge in [-0.15, -0.1) is 0 Å². The van der Waals surface area contributed by atoms with E-state index in [-0.39, 0.29) is 5.82 Å². The van der Waals surface area contributed by atoms with Gasteiger partial charge in [-0.1, -0.05) is 0 Å². The fourth-order valence-electron chi connectivity index (χ4n) is 2.51. The van der Waals surface area contributed by atoms with E-state index in [2.05, 4.69) is 4.98 Å². The average molecular weight is 253 g/mol. The van der Waals surface area contributed by atoms with Crippen LogP contribution >= 0.6 is 0 Å². The van der Waals surface area contributed by atoms with Crippen molar-refractivity contribution >= 4 is 11.6 Å². The van der Waals surface area contributed by atoms with Gasteiger partial charge in [-0.2, -0.15) is 0 Å². The van der Waals surface area contributed by atoms with Crippen molar-refractivity contribution < 1.29 is 4.92 Å². The molecule has 7 heteroatoms. The molecule has 0 bridgehead atoms. The van der Waals surface area contributed by atoms with E-state index >= 15 is 0 Å². The largest absolute Gasteiger partial charge is 0.406 e. The Labute approximate surface area is 106 Å². The third-order valence-corrected chi connectivity index (χ3v) is 3.60. The van der Waals surface area contributed by atoms with Crippen LogP contribution in [0.1, 0.15) is 18.7 Å². The zero-order valence-electron chi connectivity index (χ0n) is 10.8. The Hall–Kier alpha value is -1.63. The first kappa shape index (κ1) is 12.8. The van der Waals surface area contributed by atoms with Crippen LogP contribution in [0.25, 0.3) is 0 Å². The van der Waals surface area contributed by atoms with E-state index in [4.69, 9.17) is 5.73 Å². The van der Waals surface area contributed by atoms with Crippen LogP contribution in [0.2, 0.25) is 0 Å². The van der Waals surface area contributed by atoms with Crippen LogP contribution in [-0.2, 0) is 7.05 Å². The molecule has 1 atom stereocenters. The van der Waals surface area contributed by atoms with Gasteiger partial charge in [0.05, 0.1) is 0 Å². The summed E-state index contributed by atoms with van der Waals surface area (Å²) in [4.78, 5) is 16.7. The minimum absolute atomic E-state index is 0.0485. The number of hydrogen-bond acceptors (Lipinski definition) is 5. The van der Waals surface area contributed by atoms with E-state index in [9.17, 15) is 10.1 Å². The second-order valence-electron chi connectivity index (χ2n) is 4.81. The molecule has 2 rings (SSSR count). The standard InChI is InChI=1S/C11H19N5O2/c1-8-13-10(16(17)18)11(14(8)2)15-5-3-4-9(6-12)7-15/h9H,3-7,12H2,1-2H3. The monoisotopic (exact) mass is 253 g/mol. The van der Waals surface area contributed by atoms with Crippen molar-refractivity contribution in [2.45, 2.75) is 19.8 Å². The van der Waals surface area contributed by atoms with Crippen molar-refractivity contribution in [1.82, 2.24) is 9.55 Å². The van der Waals surface area contributed by atoms with E-state index in [0.717, 1.165) is 25.9 Å². The molecular formula is C11H19N5O2. The topological polar surface area (TPSA) is 90.2 Å². The zero-order valence-corrected chi connectivity index (χ0v) is 10.8. The summed E-state index contributed by atoms with van der Waals surface area (Å²) in [6.45, 7) is 4.01. The zero-order chi connectivity index (χ0) is 13.3. The predicted molar refractivity (Wildman–Crippen MR) is 68.6 cm³/mol. The molecule has 1 unspecified atom stereocenters. The number of imidazole rings is 1. The van der Waals surface area contributed by atoms with Crippen LogP contribution in [0.5, 0.6) is 0 Å². The van der Waals surface area contributed by atoms with Gasteiger partial charge in [-0.3, -0.25) is 4.57 Å². The summed E-state index contributed by atoms with van der Waals surface area (Å²) < 4.78 is 1.79. The molecule has 2 heterocycles. The van der Waals surface area contributed by atoms with Crippen molar-refractivity contribution in [3.63, 3.8) is 0 Å². The molecular weight excluding hydrogens is 234 g/mol. The first-order valence-electron chi connectivity index (χ1n) is 6.17. The highest BCUT2D eigenvalue weighted by molar-refractivity contribution is 5.56. The molecule has 0 radical (unpaired) electrons. The van der Waals surface area contributed by atoms with E-state index in [1.807, 2.05) is 11.9 Å². The second-order valence-corrected chi connectivity index (χ2v) is 4.81. The molecule has 1 aliphatic heterocycles. The van der Waals surface area contributed by atoms with Crippen molar-refractivity contribution in [3.05, 3.63) is 15.9 Å². The van der Waals surface area contributed by atoms with Crippen LogP contribution in [0.3, 0.4) is 0 Å². The number of rotatable bonds is 3. The maximum absolute atomic E-state index is 11.1. The summed E-state index contributed by atoms with van der Waals surface area (Å²) >= 11 is 0. The van der Waals surface area contributed by atoms with Gasteiger partial charge in [0.1, 0.15) is 0 Å². The quantitative estimate of drug-likeness (QED) is 0.636. The molecule has 2 N–H and O–H groups in total. The highest BCUT2D eigenvalue weighted by Gasteiger charge is 2.30. The van der Waals surface area contributed by atoms with Crippen molar-refractivity contribution in [2.75, 3.05) is 24.5 Å². The lowest BCUT2D eigenvalue weighted by molar-refractivity contribution is -0.388. The first-order valence-corrected chi connectivity index (χ1v) is 6.17. The Morgan fingerprint density at radius 1 is 1.61 bits per heavy atom. The summed E-state index contributed by atoms with van der Waals surface area (Å²) in [5.74, 6) is 1.63. The molecule has 1 aliphatic rings. The smallest absolute Gasteiger partial charge is 0.358 e. The summed E-state index contributed by atoms with van der Waals surface area (Å²) in [5, 5.41) is 11.1. The maximum Gasteiger partial charge on any atom is 0.406 e. The lowest BCUT2D eigenvalue weighted by Gasteiger charge is -2.32. The van der Waals surface area contributed by atoms with Crippen LogP contribution in [0, 0.1) is 23.0 Å². The van der Waals surface area contributed by atoms with Gasteiger partial charge in [-0.25, -0.2) is 0 Å². The third kappa shape index (κ3) is 2.17. The Morgan fingerprint density at radius 3 is 2.94 bits per heavy atom. The van der Waals surface area contributed by atoms with E-state index < -0.39 is 4.92 Å². The van der Waals surface area contributed by atoms with Crippen LogP contribution < -0.4 is 10.6 Å². The molecule has 18 heavy (non-hydrogen) atoms. The molecule has 1 aromatic rings. The first-order chi connectivity index (χ1) is 8.54. The van der Waals surface area contributed by atoms with E-state index in [0.29, 0.717) is 24.1 Å². The molecule has 0 amide bonds. The molecule has 1 aromatic heterocycles. The van der Waals surface area contributed by atoms with E-state index in [1.165, 1.54) is 0 Å². The lowest BCUT2D eigenvalue weighted by Crippen LogP contribution is -2.39. The summed E-state index contributed by atoms with van der Waals surface area (Å²) in [6.07, 6.45) is 2.11. The molecule has 0 aromatic carbocycles. The van der Waals surface area contributed by atoms with Crippen molar-refractivity contribution in [2.24, 2.45) is 18.7 Å². The predicted octanol–water partition coefficient (Wildman–Crippen LogP) is 0.812. The average Bonchev–Trinajstić information content (AvgIpc) is 2.66. The van der Waals surface area contributed by atoms with Crippen LogP contribution in [0.15, 0.2) is 0 Å². The number of aromatic nitrogens is 2. The minimum Gasteiger partial charge on any atom is -0.358 e. The summed E-state index contributed by atoms with van der Waals surface area (Å²) in [6, 6.07) is 0. The van der Waals surface area contributed by atoms with Gasteiger partial charge in [0, 0.05) is 27.1 Å². The van der Waals surface area contributed by atoms with E-state index in [1.54, 1.807) is 11.5 Å². The Kier molecular flexibility index (Phi) is 3.51. The number of piperidine rings is 1. The fourth-order valence-corrected chi connectivity index (χ4v) is 2.51. The number of nitrogens with zero attached hydrogens (tertiary/aromatic N) is 4. The van der Waals surface area contributed by atoms with Gasteiger partial charge < -0.3 is 20.7 Å². The van der Waals surface area contributed by atoms with Gasteiger partial charge in [0.2, 0.25) is 11.6 Å². The van der Waals surface area contributed by atoms with Crippen molar-refractivity contribution in [1.29, 1.82) is 0 Å². The highest BCUT2D eigenvalue weighted by Crippen LogP contribution is 2.31. The van der Waals surface area contributed by atoms with Crippen LogP contribution in [-0.4, -0.2) is 34.1 Å². The summed E-state index contributed by atoms with van der Waals surface area (Å²) in [5.41, 5.74) is 5.70. The molecule has 1 fully saturated rings. The van der Waals surface area contributed by atoms with Gasteiger partial charge in [-0.05, 0) is 35.2 Å². The van der Waals surface area contributed by atoms with Gasteiger partial charge in [0.15, 0.2) is 0 Å². The fraction of sp³-hybridized carbons (Fsp3) is 0.727. The number of nitro groups is 1. The molecule has 100 valence electrons. The van der Waals surface area contributed by atoms with Gasteiger partial charge in [0.25, 0.3) is 0 Å². The molecule has 0 spiro atoms. The molecule has 1 saturated heterocycles. The second kappa shape index (κ2) is 4.93. The molecule has 7 nitrogen and oxygen atoms in total. The van der Waals surface area contributed by atoms with Gasteiger partial charge >= 0.3 is 5.82 Å². The molecule has 0 saturated carbocycles. The SMILES string of the molecule is Cc1nc([N+](=O)[O-])c(N2CCCC(CN)C2)n1C. The normalized spacial score (nSPS) is 20.2.